The van der Waals surface area contributed by atoms with E-state index < -0.39 is 0 Å². The van der Waals surface area contributed by atoms with Gasteiger partial charge < -0.3 is 5.32 Å². The van der Waals surface area contributed by atoms with Gasteiger partial charge in [-0.05, 0) is 50.0 Å². The summed E-state index contributed by atoms with van der Waals surface area (Å²) in [5, 5.41) is 2.98. The number of likely N-dealkylation sites (tertiary alicyclic amines) is 1. The van der Waals surface area contributed by atoms with Crippen LogP contribution in [-0.2, 0) is 11.3 Å². The van der Waals surface area contributed by atoms with Gasteiger partial charge in [-0.2, -0.15) is 0 Å². The van der Waals surface area contributed by atoms with Gasteiger partial charge in [0.25, 0.3) is 0 Å². The van der Waals surface area contributed by atoms with E-state index in [1.807, 2.05) is 12.4 Å². The zero-order valence-electron chi connectivity index (χ0n) is 10.6. The van der Waals surface area contributed by atoms with Crippen molar-refractivity contribution in [1.29, 1.82) is 0 Å². The predicted molar refractivity (Wildman–Crippen MR) is 68.8 cm³/mol. The molecule has 3 heterocycles. The molecule has 0 unspecified atom stereocenters. The molecule has 2 saturated heterocycles. The number of carbonyl (C=O) groups excluding carboxylic acids is 1. The Bertz CT molecular complexity index is 424. The Balaban J connectivity index is 1.59. The van der Waals surface area contributed by atoms with Crippen molar-refractivity contribution in [2.75, 3.05) is 19.6 Å². The zero-order chi connectivity index (χ0) is 12.4. The van der Waals surface area contributed by atoms with Crippen LogP contribution in [0.25, 0.3) is 0 Å². The van der Waals surface area contributed by atoms with Crippen molar-refractivity contribution in [2.24, 2.45) is 5.41 Å². The van der Waals surface area contributed by atoms with Crippen LogP contribution >= 0.6 is 0 Å². The number of amides is 1. The summed E-state index contributed by atoms with van der Waals surface area (Å²) in [4.78, 5) is 18.3. The Morgan fingerprint density at radius 2 is 1.94 bits per heavy atom. The predicted octanol–water partition coefficient (Wildman–Crippen LogP) is 1.18. The highest BCUT2D eigenvalue weighted by atomic mass is 16.2. The van der Waals surface area contributed by atoms with Gasteiger partial charge in [0.15, 0.2) is 0 Å². The molecule has 1 amide bonds. The van der Waals surface area contributed by atoms with Crippen molar-refractivity contribution in [3.05, 3.63) is 30.1 Å². The van der Waals surface area contributed by atoms with E-state index in [1.165, 1.54) is 5.56 Å². The Morgan fingerprint density at radius 3 is 2.56 bits per heavy atom. The monoisotopic (exact) mass is 245 g/mol. The number of rotatable bonds is 2. The molecule has 2 aliphatic rings. The summed E-state index contributed by atoms with van der Waals surface area (Å²) in [5.41, 5.74) is 1.26. The first-order valence-electron chi connectivity index (χ1n) is 6.68. The van der Waals surface area contributed by atoms with Crippen LogP contribution < -0.4 is 5.32 Å². The molecule has 2 aliphatic heterocycles. The van der Waals surface area contributed by atoms with Crippen molar-refractivity contribution in [2.45, 2.75) is 25.8 Å². The van der Waals surface area contributed by atoms with Gasteiger partial charge in [-0.3, -0.25) is 14.7 Å². The highest BCUT2D eigenvalue weighted by molar-refractivity contribution is 5.84. The SMILES string of the molecule is O=C1NCCC12CCN(Cc1ccncc1)CC2. The Kier molecular flexibility index (Phi) is 3.04. The van der Waals surface area contributed by atoms with Gasteiger partial charge in [0, 0.05) is 25.5 Å². The Hall–Kier alpha value is -1.42. The minimum absolute atomic E-state index is 0.0469. The highest BCUT2D eigenvalue weighted by Crippen LogP contribution is 2.38. The molecule has 0 aromatic carbocycles. The van der Waals surface area contributed by atoms with Gasteiger partial charge in [-0.25, -0.2) is 0 Å². The lowest BCUT2D eigenvalue weighted by Gasteiger charge is -2.37. The van der Waals surface area contributed by atoms with E-state index in [9.17, 15) is 4.79 Å². The number of piperidine rings is 1. The van der Waals surface area contributed by atoms with Crippen LogP contribution in [0.15, 0.2) is 24.5 Å². The molecule has 3 rings (SSSR count). The number of hydrogen-bond acceptors (Lipinski definition) is 3. The molecule has 0 atom stereocenters. The van der Waals surface area contributed by atoms with Gasteiger partial charge >= 0.3 is 0 Å². The van der Waals surface area contributed by atoms with E-state index in [4.69, 9.17) is 0 Å². The number of pyridine rings is 1. The lowest BCUT2D eigenvalue weighted by atomic mass is 9.77. The fourth-order valence-electron chi connectivity index (χ4n) is 3.08. The van der Waals surface area contributed by atoms with Gasteiger partial charge in [0.2, 0.25) is 5.91 Å². The Morgan fingerprint density at radius 1 is 1.22 bits per heavy atom. The first-order valence-corrected chi connectivity index (χ1v) is 6.68. The number of hydrogen-bond donors (Lipinski definition) is 1. The van der Waals surface area contributed by atoms with E-state index in [-0.39, 0.29) is 11.3 Å². The second-order valence-electron chi connectivity index (χ2n) is 5.42. The second kappa shape index (κ2) is 4.69. The number of carbonyl (C=O) groups is 1. The van der Waals surface area contributed by atoms with Crippen LogP contribution in [0.1, 0.15) is 24.8 Å². The van der Waals surface area contributed by atoms with Crippen molar-refractivity contribution in [3.8, 4) is 0 Å². The Labute approximate surface area is 107 Å². The third-order valence-electron chi connectivity index (χ3n) is 4.34. The molecule has 1 N–H and O–H groups in total. The van der Waals surface area contributed by atoms with E-state index in [2.05, 4.69) is 27.3 Å². The maximum absolute atomic E-state index is 11.9. The highest BCUT2D eigenvalue weighted by Gasteiger charge is 2.44. The topological polar surface area (TPSA) is 45.2 Å². The molecule has 1 spiro atoms. The lowest BCUT2D eigenvalue weighted by molar-refractivity contribution is -0.130. The second-order valence-corrected chi connectivity index (χ2v) is 5.42. The van der Waals surface area contributed by atoms with Crippen molar-refractivity contribution >= 4 is 5.91 Å². The van der Waals surface area contributed by atoms with Crippen molar-refractivity contribution < 1.29 is 4.79 Å². The molecule has 1 aromatic heterocycles. The number of nitrogens with zero attached hydrogens (tertiary/aromatic N) is 2. The molecule has 4 nitrogen and oxygen atoms in total. The third-order valence-corrected chi connectivity index (χ3v) is 4.34. The molecular formula is C14H19N3O. The molecule has 18 heavy (non-hydrogen) atoms. The van der Waals surface area contributed by atoms with Crippen LogP contribution in [-0.4, -0.2) is 35.4 Å². The molecular weight excluding hydrogens is 226 g/mol. The summed E-state index contributed by atoms with van der Waals surface area (Å²) in [6.07, 6.45) is 6.71. The standard InChI is InChI=1S/C14H19N3O/c18-13-14(3-8-16-13)4-9-17(10-5-14)11-12-1-6-15-7-2-12/h1-2,6-7H,3-5,8-11H2,(H,16,18). The molecule has 0 saturated carbocycles. The molecule has 4 heteroatoms. The maximum atomic E-state index is 11.9. The fourth-order valence-corrected chi connectivity index (χ4v) is 3.08. The van der Waals surface area contributed by atoms with Crippen LogP contribution in [0, 0.1) is 5.41 Å². The smallest absolute Gasteiger partial charge is 0.226 e. The summed E-state index contributed by atoms with van der Waals surface area (Å²) in [7, 11) is 0. The van der Waals surface area contributed by atoms with E-state index in [0.29, 0.717) is 0 Å². The van der Waals surface area contributed by atoms with Gasteiger partial charge in [-0.1, -0.05) is 0 Å². The van der Waals surface area contributed by atoms with Crippen molar-refractivity contribution in [1.82, 2.24) is 15.2 Å². The summed E-state index contributed by atoms with van der Waals surface area (Å²) < 4.78 is 0. The van der Waals surface area contributed by atoms with Gasteiger partial charge in [-0.15, -0.1) is 0 Å². The average Bonchev–Trinajstić information content (AvgIpc) is 2.75. The van der Waals surface area contributed by atoms with E-state index in [1.54, 1.807) is 0 Å². The zero-order valence-corrected chi connectivity index (χ0v) is 10.6. The third kappa shape index (κ3) is 2.12. The number of aromatic nitrogens is 1. The van der Waals surface area contributed by atoms with Crippen LogP contribution in [0.4, 0.5) is 0 Å². The van der Waals surface area contributed by atoms with Crippen LogP contribution in [0.3, 0.4) is 0 Å². The minimum atomic E-state index is -0.0469. The molecule has 96 valence electrons. The molecule has 0 aliphatic carbocycles. The van der Waals surface area contributed by atoms with E-state index >= 15 is 0 Å². The maximum Gasteiger partial charge on any atom is 0.226 e. The molecule has 0 bridgehead atoms. The average molecular weight is 245 g/mol. The largest absolute Gasteiger partial charge is 0.356 e. The first kappa shape index (κ1) is 11.7. The molecule has 2 fully saturated rings. The normalized spacial score (nSPS) is 23.2. The van der Waals surface area contributed by atoms with Crippen molar-refractivity contribution in [3.63, 3.8) is 0 Å². The molecule has 1 aromatic rings. The molecule has 0 radical (unpaired) electrons. The van der Waals surface area contributed by atoms with Crippen LogP contribution in [0.5, 0.6) is 0 Å². The van der Waals surface area contributed by atoms with Crippen LogP contribution in [0.2, 0.25) is 0 Å². The summed E-state index contributed by atoms with van der Waals surface area (Å²) in [6, 6.07) is 4.12. The lowest BCUT2D eigenvalue weighted by Crippen LogP contribution is -2.43. The summed E-state index contributed by atoms with van der Waals surface area (Å²) in [6.45, 7) is 3.88. The minimum Gasteiger partial charge on any atom is -0.356 e. The number of nitrogens with one attached hydrogen (secondary N) is 1. The van der Waals surface area contributed by atoms with Gasteiger partial charge in [0.1, 0.15) is 0 Å². The summed E-state index contributed by atoms with van der Waals surface area (Å²) in [5.74, 6) is 0.283. The fraction of sp³-hybridized carbons (Fsp3) is 0.571. The van der Waals surface area contributed by atoms with E-state index in [0.717, 1.165) is 45.4 Å². The van der Waals surface area contributed by atoms with Gasteiger partial charge in [0.05, 0.1) is 5.41 Å². The quantitative estimate of drug-likeness (QED) is 0.851. The summed E-state index contributed by atoms with van der Waals surface area (Å²) >= 11 is 0. The first-order chi connectivity index (χ1) is 8.78.